The minimum Gasteiger partial charge on any atom is -0.493 e. The Morgan fingerprint density at radius 3 is 3.08 bits per heavy atom. The Morgan fingerprint density at radius 1 is 1.54 bits per heavy atom. The van der Waals surface area contributed by atoms with Crippen molar-refractivity contribution in [2.45, 2.75) is 19.4 Å². The number of fused-ring (bicyclic) bond motifs is 1. The standard InChI is InChI=1S/C10H12INO/c1-6-4-7(11)5-8-9(12)2-3-13-10(6)8/h4-5,9H,2-3,12H2,1H3/t9-/m1/s1. The Morgan fingerprint density at radius 2 is 2.31 bits per heavy atom. The minimum atomic E-state index is 0.150. The van der Waals surface area contributed by atoms with Crippen molar-refractivity contribution < 1.29 is 4.74 Å². The lowest BCUT2D eigenvalue weighted by molar-refractivity contribution is 0.267. The molecule has 0 aliphatic carbocycles. The van der Waals surface area contributed by atoms with Crippen LogP contribution in [0.4, 0.5) is 0 Å². The van der Waals surface area contributed by atoms with Gasteiger partial charge in [-0.05, 0) is 47.2 Å². The molecule has 3 heteroatoms. The van der Waals surface area contributed by atoms with Crippen LogP contribution in [0.1, 0.15) is 23.6 Å². The summed E-state index contributed by atoms with van der Waals surface area (Å²) in [6, 6.07) is 4.39. The number of rotatable bonds is 0. The highest BCUT2D eigenvalue weighted by Gasteiger charge is 2.19. The first-order valence-electron chi connectivity index (χ1n) is 4.37. The van der Waals surface area contributed by atoms with Gasteiger partial charge in [0.05, 0.1) is 6.61 Å². The second kappa shape index (κ2) is 3.46. The molecule has 1 aromatic carbocycles. The van der Waals surface area contributed by atoms with E-state index >= 15 is 0 Å². The van der Waals surface area contributed by atoms with Crippen molar-refractivity contribution in [3.8, 4) is 5.75 Å². The lowest BCUT2D eigenvalue weighted by atomic mass is 9.99. The molecule has 0 saturated carbocycles. The van der Waals surface area contributed by atoms with E-state index < -0.39 is 0 Å². The van der Waals surface area contributed by atoms with Crippen LogP contribution in [0.2, 0.25) is 0 Å². The van der Waals surface area contributed by atoms with Crippen LogP contribution in [0.3, 0.4) is 0 Å². The third-order valence-corrected chi connectivity index (χ3v) is 2.97. The second-order valence-electron chi connectivity index (χ2n) is 3.38. The maximum absolute atomic E-state index is 6.00. The summed E-state index contributed by atoms with van der Waals surface area (Å²) in [5.74, 6) is 0.999. The van der Waals surface area contributed by atoms with Gasteiger partial charge in [-0.2, -0.15) is 0 Å². The minimum absolute atomic E-state index is 0.150. The Kier molecular flexibility index (Phi) is 2.47. The van der Waals surface area contributed by atoms with Gasteiger partial charge in [0, 0.05) is 21.6 Å². The van der Waals surface area contributed by atoms with Crippen LogP contribution in [-0.2, 0) is 0 Å². The first kappa shape index (κ1) is 9.27. The van der Waals surface area contributed by atoms with Crippen LogP contribution in [0, 0.1) is 10.5 Å². The predicted octanol–water partition coefficient (Wildman–Crippen LogP) is 2.38. The predicted molar refractivity (Wildman–Crippen MR) is 60.9 cm³/mol. The molecule has 1 aliphatic rings. The van der Waals surface area contributed by atoms with Gasteiger partial charge in [0.1, 0.15) is 5.75 Å². The van der Waals surface area contributed by atoms with Crippen LogP contribution < -0.4 is 10.5 Å². The Hall–Kier alpha value is -0.290. The monoisotopic (exact) mass is 289 g/mol. The van der Waals surface area contributed by atoms with Crippen molar-refractivity contribution in [3.63, 3.8) is 0 Å². The summed E-state index contributed by atoms with van der Waals surface area (Å²) < 4.78 is 6.83. The van der Waals surface area contributed by atoms with Gasteiger partial charge in [-0.3, -0.25) is 0 Å². The third kappa shape index (κ3) is 1.67. The molecule has 2 nitrogen and oxygen atoms in total. The summed E-state index contributed by atoms with van der Waals surface area (Å²) >= 11 is 2.31. The van der Waals surface area contributed by atoms with E-state index in [9.17, 15) is 0 Å². The van der Waals surface area contributed by atoms with Gasteiger partial charge in [-0.1, -0.05) is 0 Å². The van der Waals surface area contributed by atoms with Crippen LogP contribution >= 0.6 is 22.6 Å². The first-order valence-corrected chi connectivity index (χ1v) is 5.45. The van der Waals surface area contributed by atoms with Gasteiger partial charge in [0.25, 0.3) is 0 Å². The van der Waals surface area contributed by atoms with E-state index in [0.29, 0.717) is 0 Å². The Bertz CT molecular complexity index is 338. The first-order chi connectivity index (χ1) is 6.18. The molecular formula is C10H12INO. The van der Waals surface area contributed by atoms with Gasteiger partial charge in [-0.25, -0.2) is 0 Å². The molecule has 2 N–H and O–H groups in total. The number of ether oxygens (including phenoxy) is 1. The lowest BCUT2D eigenvalue weighted by Crippen LogP contribution is -2.21. The van der Waals surface area contributed by atoms with Gasteiger partial charge in [0.2, 0.25) is 0 Å². The van der Waals surface area contributed by atoms with Crippen molar-refractivity contribution in [1.82, 2.24) is 0 Å². The molecule has 0 unspecified atom stereocenters. The van der Waals surface area contributed by atoms with E-state index in [0.717, 1.165) is 24.3 Å². The molecule has 1 aromatic rings. The smallest absolute Gasteiger partial charge is 0.127 e. The maximum atomic E-state index is 6.00. The van der Waals surface area contributed by atoms with Gasteiger partial charge < -0.3 is 10.5 Å². The molecule has 2 rings (SSSR count). The summed E-state index contributed by atoms with van der Waals surface area (Å²) in [6.45, 7) is 2.81. The molecule has 0 spiro atoms. The maximum Gasteiger partial charge on any atom is 0.127 e. The molecule has 0 radical (unpaired) electrons. The summed E-state index contributed by atoms with van der Waals surface area (Å²) in [4.78, 5) is 0. The molecule has 1 aliphatic heterocycles. The third-order valence-electron chi connectivity index (χ3n) is 2.34. The van der Waals surface area contributed by atoms with Crippen molar-refractivity contribution in [2.24, 2.45) is 5.73 Å². The van der Waals surface area contributed by atoms with Gasteiger partial charge in [-0.15, -0.1) is 0 Å². The molecule has 0 bridgehead atoms. The Labute approximate surface area is 91.6 Å². The zero-order valence-corrected chi connectivity index (χ0v) is 9.67. The number of halogens is 1. The summed E-state index contributed by atoms with van der Waals surface area (Å²) in [5.41, 5.74) is 8.36. The largest absolute Gasteiger partial charge is 0.493 e. The average molecular weight is 289 g/mol. The van der Waals surface area contributed by atoms with Crippen molar-refractivity contribution in [1.29, 1.82) is 0 Å². The molecule has 0 saturated heterocycles. The fourth-order valence-corrected chi connectivity index (χ4v) is 2.47. The zero-order valence-electron chi connectivity index (χ0n) is 7.51. The van der Waals surface area contributed by atoms with Crippen LogP contribution in [-0.4, -0.2) is 6.61 Å². The molecule has 0 aromatic heterocycles. The molecule has 0 fully saturated rings. The van der Waals surface area contributed by atoms with Gasteiger partial charge >= 0.3 is 0 Å². The van der Waals surface area contributed by atoms with E-state index in [-0.39, 0.29) is 6.04 Å². The molecule has 1 atom stereocenters. The summed E-state index contributed by atoms with van der Waals surface area (Å²) in [7, 11) is 0. The fraction of sp³-hybridized carbons (Fsp3) is 0.400. The highest BCUT2D eigenvalue weighted by atomic mass is 127. The van der Waals surface area contributed by atoms with Crippen molar-refractivity contribution >= 4 is 22.6 Å². The summed E-state index contributed by atoms with van der Waals surface area (Å²) in [5, 5.41) is 0. The summed E-state index contributed by atoms with van der Waals surface area (Å²) in [6.07, 6.45) is 0.923. The van der Waals surface area contributed by atoms with E-state index in [1.807, 2.05) is 0 Å². The highest BCUT2D eigenvalue weighted by molar-refractivity contribution is 14.1. The van der Waals surface area contributed by atoms with Crippen LogP contribution in [0.5, 0.6) is 5.75 Å². The number of nitrogens with two attached hydrogens (primary N) is 1. The molecular weight excluding hydrogens is 277 g/mol. The zero-order chi connectivity index (χ0) is 9.42. The molecule has 70 valence electrons. The number of hydrogen-bond donors (Lipinski definition) is 1. The van der Waals surface area contributed by atoms with Gasteiger partial charge in [0.15, 0.2) is 0 Å². The second-order valence-corrected chi connectivity index (χ2v) is 4.63. The quantitative estimate of drug-likeness (QED) is 0.744. The SMILES string of the molecule is Cc1cc(I)cc2c1OCC[C@H]2N. The average Bonchev–Trinajstić information content (AvgIpc) is 2.07. The van der Waals surface area contributed by atoms with Crippen molar-refractivity contribution in [2.75, 3.05) is 6.61 Å². The fourth-order valence-electron chi connectivity index (χ4n) is 1.67. The molecule has 0 amide bonds. The molecule has 1 heterocycles. The topological polar surface area (TPSA) is 35.2 Å². The van der Waals surface area contributed by atoms with E-state index in [1.165, 1.54) is 9.13 Å². The number of benzene rings is 1. The van der Waals surface area contributed by atoms with Crippen LogP contribution in [0.15, 0.2) is 12.1 Å². The number of aryl methyl sites for hydroxylation is 1. The van der Waals surface area contributed by atoms with E-state index in [1.54, 1.807) is 0 Å². The van der Waals surface area contributed by atoms with E-state index in [2.05, 4.69) is 41.6 Å². The van der Waals surface area contributed by atoms with E-state index in [4.69, 9.17) is 10.5 Å². The van der Waals surface area contributed by atoms with Crippen LogP contribution in [0.25, 0.3) is 0 Å². The lowest BCUT2D eigenvalue weighted by Gasteiger charge is -2.24. The Balaban J connectivity index is 2.56. The highest BCUT2D eigenvalue weighted by Crippen LogP contribution is 2.34. The molecule has 13 heavy (non-hydrogen) atoms. The van der Waals surface area contributed by atoms with Crippen molar-refractivity contribution in [3.05, 3.63) is 26.8 Å². The number of hydrogen-bond acceptors (Lipinski definition) is 2. The normalized spacial score (nSPS) is 20.7.